The van der Waals surface area contributed by atoms with Crippen molar-refractivity contribution >= 4 is 22.9 Å². The minimum absolute atomic E-state index is 0.0107. The predicted molar refractivity (Wildman–Crippen MR) is 133 cm³/mol. The van der Waals surface area contributed by atoms with E-state index in [1.807, 2.05) is 42.5 Å². The average Bonchev–Trinajstić information content (AvgIpc) is 3.38. The van der Waals surface area contributed by atoms with Gasteiger partial charge in [-0.15, -0.1) is 11.3 Å². The first-order valence-corrected chi connectivity index (χ1v) is 12.2. The molecule has 0 radical (unpaired) electrons. The third-order valence-corrected chi connectivity index (χ3v) is 6.90. The lowest BCUT2D eigenvalue weighted by Crippen LogP contribution is -2.52. The second-order valence-corrected chi connectivity index (χ2v) is 9.12. The molecule has 0 aliphatic carbocycles. The molecule has 1 N–H and O–H groups in total. The fourth-order valence-electron chi connectivity index (χ4n) is 4.29. The van der Waals surface area contributed by atoms with Crippen molar-refractivity contribution in [3.8, 4) is 11.5 Å². The molecule has 1 amide bonds. The number of piperazine rings is 1. The van der Waals surface area contributed by atoms with Crippen LogP contribution < -0.4 is 19.7 Å². The molecule has 7 heteroatoms. The summed E-state index contributed by atoms with van der Waals surface area (Å²) >= 11 is 1.74. The second-order valence-electron chi connectivity index (χ2n) is 8.14. The molecule has 2 atom stereocenters. The number of nitrogens with one attached hydrogen (secondary N) is 1. The monoisotopic (exact) mass is 465 g/mol. The zero-order chi connectivity index (χ0) is 23.0. The van der Waals surface area contributed by atoms with Crippen molar-refractivity contribution in [3.05, 3.63) is 77.0 Å². The highest BCUT2D eigenvalue weighted by Crippen LogP contribution is 2.30. The first-order chi connectivity index (χ1) is 16.1. The van der Waals surface area contributed by atoms with Gasteiger partial charge in [0.2, 0.25) is 0 Å². The van der Waals surface area contributed by atoms with Crippen LogP contribution in [-0.2, 0) is 4.79 Å². The van der Waals surface area contributed by atoms with Gasteiger partial charge in [-0.3, -0.25) is 9.69 Å². The van der Waals surface area contributed by atoms with E-state index in [2.05, 4.69) is 51.7 Å². The lowest BCUT2D eigenvalue weighted by molar-refractivity contribution is -0.124. The highest BCUT2D eigenvalue weighted by molar-refractivity contribution is 7.10. The maximum atomic E-state index is 12.6. The number of anilines is 1. The van der Waals surface area contributed by atoms with Crippen molar-refractivity contribution in [2.24, 2.45) is 0 Å². The molecule has 3 aromatic rings. The molecule has 2 aromatic carbocycles. The molecule has 0 unspecified atom stereocenters. The second kappa shape index (κ2) is 11.2. The molecule has 0 saturated carbocycles. The van der Waals surface area contributed by atoms with E-state index < -0.39 is 0 Å². The summed E-state index contributed by atoms with van der Waals surface area (Å²) in [5, 5.41) is 5.27. The number of carbonyl (C=O) groups is 1. The molecule has 33 heavy (non-hydrogen) atoms. The van der Waals surface area contributed by atoms with Gasteiger partial charge in [0.05, 0.1) is 13.2 Å². The molecule has 174 valence electrons. The van der Waals surface area contributed by atoms with Crippen LogP contribution in [0.5, 0.6) is 11.5 Å². The van der Waals surface area contributed by atoms with Gasteiger partial charge in [-0.05, 0) is 54.8 Å². The van der Waals surface area contributed by atoms with Crippen molar-refractivity contribution in [2.45, 2.75) is 19.0 Å². The van der Waals surface area contributed by atoms with E-state index in [9.17, 15) is 4.79 Å². The number of para-hydroxylation sites is 1. The molecular formula is C26H31N3O3S. The van der Waals surface area contributed by atoms with Gasteiger partial charge in [0.1, 0.15) is 11.5 Å². The van der Waals surface area contributed by atoms with Crippen LogP contribution in [0.25, 0.3) is 0 Å². The number of hydrogen-bond acceptors (Lipinski definition) is 6. The summed E-state index contributed by atoms with van der Waals surface area (Å²) in [6.07, 6.45) is 0. The van der Waals surface area contributed by atoms with Crippen LogP contribution in [0.15, 0.2) is 72.1 Å². The van der Waals surface area contributed by atoms with Crippen molar-refractivity contribution in [2.75, 3.05) is 44.8 Å². The summed E-state index contributed by atoms with van der Waals surface area (Å²) in [5.41, 5.74) is 1.21. The minimum atomic E-state index is -0.107. The first kappa shape index (κ1) is 23.1. The number of nitrogens with zero attached hydrogens (tertiary/aromatic N) is 2. The van der Waals surface area contributed by atoms with E-state index in [1.165, 1.54) is 10.6 Å². The Hall–Kier alpha value is -3.03. The van der Waals surface area contributed by atoms with Gasteiger partial charge in [-0.1, -0.05) is 24.3 Å². The zero-order valence-corrected chi connectivity index (χ0v) is 20.0. The summed E-state index contributed by atoms with van der Waals surface area (Å²) in [4.78, 5) is 18.8. The van der Waals surface area contributed by atoms with Crippen molar-refractivity contribution in [1.82, 2.24) is 10.2 Å². The van der Waals surface area contributed by atoms with Crippen LogP contribution in [0.1, 0.15) is 17.8 Å². The van der Waals surface area contributed by atoms with Crippen molar-refractivity contribution in [3.63, 3.8) is 0 Å². The van der Waals surface area contributed by atoms with Crippen LogP contribution in [0, 0.1) is 0 Å². The predicted octanol–water partition coefficient (Wildman–Crippen LogP) is 4.20. The average molecular weight is 466 g/mol. The maximum Gasteiger partial charge on any atom is 0.258 e. The van der Waals surface area contributed by atoms with Crippen molar-refractivity contribution in [1.29, 1.82) is 0 Å². The summed E-state index contributed by atoms with van der Waals surface area (Å²) in [6.45, 7) is 5.82. The minimum Gasteiger partial charge on any atom is -0.497 e. The molecule has 6 nitrogen and oxygen atoms in total. The number of benzene rings is 2. The van der Waals surface area contributed by atoms with Gasteiger partial charge in [-0.2, -0.15) is 0 Å². The quantitative estimate of drug-likeness (QED) is 0.513. The largest absolute Gasteiger partial charge is 0.497 e. The van der Waals surface area contributed by atoms with E-state index in [1.54, 1.807) is 18.4 Å². The van der Waals surface area contributed by atoms with E-state index in [0.29, 0.717) is 5.75 Å². The summed E-state index contributed by atoms with van der Waals surface area (Å²) < 4.78 is 10.9. The lowest BCUT2D eigenvalue weighted by Gasteiger charge is -2.42. The van der Waals surface area contributed by atoms with Gasteiger partial charge < -0.3 is 19.7 Å². The highest BCUT2D eigenvalue weighted by atomic mass is 32.1. The van der Waals surface area contributed by atoms with Gasteiger partial charge >= 0.3 is 0 Å². The molecule has 1 aromatic heterocycles. The zero-order valence-electron chi connectivity index (χ0n) is 19.1. The standard InChI is InChI=1S/C26H31N3O3S/c1-20(27-25(30)19-32-23-7-4-3-5-8-23)26(24-9-6-18-33-24)29-16-14-28(15-17-29)21-10-12-22(31-2)13-11-21/h3-13,18,20,26H,14-17,19H2,1-2H3,(H,27,30)/t20-,26+/m0/s1. The lowest BCUT2D eigenvalue weighted by atomic mass is 10.0. The van der Waals surface area contributed by atoms with E-state index >= 15 is 0 Å². The van der Waals surface area contributed by atoms with Gasteiger partial charge in [-0.25, -0.2) is 0 Å². The number of methoxy groups -OCH3 is 1. The normalized spacial score (nSPS) is 16.1. The van der Waals surface area contributed by atoms with E-state index in [4.69, 9.17) is 9.47 Å². The Morgan fingerprint density at radius 2 is 1.70 bits per heavy atom. The summed E-state index contributed by atoms with van der Waals surface area (Å²) in [5.74, 6) is 1.46. The topological polar surface area (TPSA) is 54.0 Å². The van der Waals surface area contributed by atoms with Gasteiger partial charge in [0, 0.05) is 42.8 Å². The Kier molecular flexibility index (Phi) is 7.86. The third-order valence-electron chi connectivity index (χ3n) is 5.96. The van der Waals surface area contributed by atoms with Crippen LogP contribution in [0.4, 0.5) is 5.69 Å². The van der Waals surface area contributed by atoms with Crippen LogP contribution in [-0.4, -0.2) is 56.7 Å². The molecule has 2 heterocycles. The molecule has 1 aliphatic rings. The first-order valence-electron chi connectivity index (χ1n) is 11.3. The third kappa shape index (κ3) is 6.06. The Bertz CT molecular complexity index is 987. The molecule has 4 rings (SSSR count). The molecule has 1 aliphatic heterocycles. The Morgan fingerprint density at radius 3 is 2.33 bits per heavy atom. The van der Waals surface area contributed by atoms with Crippen LogP contribution in [0.2, 0.25) is 0 Å². The highest BCUT2D eigenvalue weighted by Gasteiger charge is 2.31. The molecule has 0 bridgehead atoms. The van der Waals surface area contributed by atoms with E-state index in [0.717, 1.165) is 31.9 Å². The number of rotatable bonds is 9. The number of hydrogen-bond donors (Lipinski definition) is 1. The van der Waals surface area contributed by atoms with Crippen LogP contribution >= 0.6 is 11.3 Å². The number of carbonyl (C=O) groups excluding carboxylic acids is 1. The van der Waals surface area contributed by atoms with Crippen LogP contribution in [0.3, 0.4) is 0 Å². The Balaban J connectivity index is 1.36. The summed E-state index contributed by atoms with van der Waals surface area (Å²) in [7, 11) is 1.69. The van der Waals surface area contributed by atoms with Gasteiger partial charge in [0.15, 0.2) is 6.61 Å². The van der Waals surface area contributed by atoms with E-state index in [-0.39, 0.29) is 24.6 Å². The number of ether oxygens (including phenoxy) is 2. The smallest absolute Gasteiger partial charge is 0.258 e. The van der Waals surface area contributed by atoms with Crippen molar-refractivity contribution < 1.29 is 14.3 Å². The number of amides is 1. The molecule has 1 fully saturated rings. The maximum absolute atomic E-state index is 12.6. The van der Waals surface area contributed by atoms with Gasteiger partial charge in [0.25, 0.3) is 5.91 Å². The Labute approximate surface area is 199 Å². The SMILES string of the molecule is COc1ccc(N2CCN([C@@H](c3cccs3)[C@H](C)NC(=O)COc3ccccc3)CC2)cc1. The molecule has 0 spiro atoms. The molecular weight excluding hydrogens is 434 g/mol. The summed E-state index contributed by atoms with van der Waals surface area (Å²) in [6, 6.07) is 22.0. The Morgan fingerprint density at radius 1 is 0.970 bits per heavy atom. The fourth-order valence-corrected chi connectivity index (χ4v) is 5.26. The fraction of sp³-hybridized carbons (Fsp3) is 0.346. The molecule has 1 saturated heterocycles. The number of thiophene rings is 1.